The van der Waals surface area contributed by atoms with Gasteiger partial charge in [0.1, 0.15) is 9.88 Å². The van der Waals surface area contributed by atoms with Crippen LogP contribution in [0.1, 0.15) is 51.1 Å². The summed E-state index contributed by atoms with van der Waals surface area (Å²) >= 11 is 1.25. The minimum atomic E-state index is -3.55. The zero-order valence-electron chi connectivity index (χ0n) is 19.0. The maximum absolute atomic E-state index is 12.6. The summed E-state index contributed by atoms with van der Waals surface area (Å²) in [7, 11) is -3.55. The number of hydrogen-bond donors (Lipinski definition) is 2. The molecular formula is C24H26N4O4S2. The van der Waals surface area contributed by atoms with Crippen molar-refractivity contribution in [2.24, 2.45) is 0 Å². The monoisotopic (exact) mass is 498 g/mol. The second kappa shape index (κ2) is 10.0. The quantitative estimate of drug-likeness (QED) is 0.506. The van der Waals surface area contributed by atoms with Crippen LogP contribution in [-0.4, -0.2) is 42.6 Å². The highest BCUT2D eigenvalue weighted by molar-refractivity contribution is 7.89. The van der Waals surface area contributed by atoms with Crippen molar-refractivity contribution in [1.29, 1.82) is 0 Å². The Balaban J connectivity index is 1.39. The highest BCUT2D eigenvalue weighted by Gasteiger charge is 2.27. The Morgan fingerprint density at radius 2 is 1.59 bits per heavy atom. The number of hydrazine groups is 1. The summed E-state index contributed by atoms with van der Waals surface area (Å²) in [5.41, 5.74) is 7.75. The van der Waals surface area contributed by atoms with E-state index in [-0.39, 0.29) is 10.5 Å². The van der Waals surface area contributed by atoms with Gasteiger partial charge in [-0.1, -0.05) is 31.2 Å². The van der Waals surface area contributed by atoms with Gasteiger partial charge in [-0.2, -0.15) is 4.31 Å². The first kappa shape index (κ1) is 24.1. The largest absolute Gasteiger partial charge is 0.281 e. The number of sulfonamides is 1. The van der Waals surface area contributed by atoms with E-state index in [9.17, 15) is 18.0 Å². The van der Waals surface area contributed by atoms with E-state index >= 15 is 0 Å². The van der Waals surface area contributed by atoms with Gasteiger partial charge >= 0.3 is 0 Å². The van der Waals surface area contributed by atoms with Crippen molar-refractivity contribution in [2.75, 3.05) is 13.1 Å². The number of aryl methyl sites for hydroxylation is 2. The van der Waals surface area contributed by atoms with E-state index in [1.807, 2.05) is 24.3 Å². The fraction of sp³-hybridized carbons (Fsp3) is 0.292. The summed E-state index contributed by atoms with van der Waals surface area (Å²) in [5.74, 6) is -1.01. The van der Waals surface area contributed by atoms with E-state index in [0.29, 0.717) is 23.7 Å². The Kier molecular flexibility index (Phi) is 7.11. The molecule has 0 atom stereocenters. The number of nitrogens with one attached hydrogen (secondary N) is 2. The summed E-state index contributed by atoms with van der Waals surface area (Å²) < 4.78 is 26.7. The molecule has 1 aliphatic rings. The lowest BCUT2D eigenvalue weighted by Crippen LogP contribution is -2.41. The number of nitrogens with zero attached hydrogens (tertiary/aromatic N) is 2. The first-order valence-corrected chi connectivity index (χ1v) is 13.3. The minimum Gasteiger partial charge on any atom is -0.267 e. The average Bonchev–Trinajstić information content (AvgIpc) is 3.53. The lowest BCUT2D eigenvalue weighted by Gasteiger charge is -2.15. The van der Waals surface area contributed by atoms with Crippen LogP contribution in [0.4, 0.5) is 0 Å². The molecule has 0 aliphatic carbocycles. The van der Waals surface area contributed by atoms with Crippen LogP contribution in [0.3, 0.4) is 0 Å². The Hall–Kier alpha value is -3.08. The molecule has 0 saturated carbocycles. The van der Waals surface area contributed by atoms with E-state index in [4.69, 9.17) is 0 Å². The molecule has 178 valence electrons. The molecule has 1 fully saturated rings. The van der Waals surface area contributed by atoms with E-state index in [2.05, 4.69) is 22.8 Å². The third-order valence-electron chi connectivity index (χ3n) is 5.72. The fourth-order valence-corrected chi connectivity index (χ4v) is 6.20. The van der Waals surface area contributed by atoms with E-state index in [1.165, 1.54) is 45.5 Å². The fourth-order valence-electron chi connectivity index (χ4n) is 3.71. The highest BCUT2D eigenvalue weighted by Crippen LogP contribution is 2.28. The molecule has 0 unspecified atom stereocenters. The predicted molar refractivity (Wildman–Crippen MR) is 131 cm³/mol. The molecule has 0 spiro atoms. The molecule has 1 aliphatic heterocycles. The van der Waals surface area contributed by atoms with Crippen molar-refractivity contribution in [1.82, 2.24) is 20.1 Å². The van der Waals surface area contributed by atoms with Gasteiger partial charge in [0.15, 0.2) is 0 Å². The van der Waals surface area contributed by atoms with Crippen LogP contribution >= 0.6 is 11.3 Å². The van der Waals surface area contributed by atoms with Crippen molar-refractivity contribution in [3.8, 4) is 10.6 Å². The van der Waals surface area contributed by atoms with Gasteiger partial charge in [0.25, 0.3) is 11.8 Å². The lowest BCUT2D eigenvalue weighted by atomic mass is 10.1. The molecule has 10 heteroatoms. The van der Waals surface area contributed by atoms with E-state index < -0.39 is 21.8 Å². The molecular weight excluding hydrogens is 472 g/mol. The summed E-state index contributed by atoms with van der Waals surface area (Å²) in [6.07, 6.45) is 2.65. The van der Waals surface area contributed by atoms with Crippen molar-refractivity contribution in [3.05, 3.63) is 70.2 Å². The van der Waals surface area contributed by atoms with Gasteiger partial charge in [-0.15, -0.1) is 11.3 Å². The van der Waals surface area contributed by atoms with Crippen molar-refractivity contribution >= 4 is 33.2 Å². The molecule has 2 N–H and O–H groups in total. The Labute approximate surface area is 203 Å². The van der Waals surface area contributed by atoms with Crippen LogP contribution in [0.5, 0.6) is 0 Å². The SMILES string of the molecule is CCc1ccc(-c2nc(C)c(C(=O)NNC(=O)c3ccc(S(=O)(=O)N4CCCC4)cc3)s2)cc1. The molecule has 1 saturated heterocycles. The molecule has 2 amide bonds. The first-order chi connectivity index (χ1) is 16.3. The molecule has 0 bridgehead atoms. The van der Waals surface area contributed by atoms with Crippen LogP contribution in [0, 0.1) is 6.92 Å². The molecule has 1 aromatic heterocycles. The third kappa shape index (κ3) is 5.03. The minimum absolute atomic E-state index is 0.148. The molecule has 4 rings (SSSR count). The van der Waals surface area contributed by atoms with Crippen LogP contribution in [0.15, 0.2) is 53.4 Å². The molecule has 3 aromatic rings. The number of hydrogen-bond acceptors (Lipinski definition) is 6. The predicted octanol–water partition coefficient (Wildman–Crippen LogP) is 3.54. The van der Waals surface area contributed by atoms with Gasteiger partial charge in [-0.3, -0.25) is 20.4 Å². The summed E-state index contributed by atoms with van der Waals surface area (Å²) in [5, 5.41) is 0.728. The van der Waals surface area contributed by atoms with Gasteiger partial charge < -0.3 is 0 Å². The molecule has 34 heavy (non-hydrogen) atoms. The Bertz CT molecular complexity index is 1290. The van der Waals surface area contributed by atoms with Crippen molar-refractivity contribution in [2.45, 2.75) is 38.0 Å². The molecule has 2 heterocycles. The zero-order valence-corrected chi connectivity index (χ0v) is 20.6. The zero-order chi connectivity index (χ0) is 24.3. The van der Waals surface area contributed by atoms with Crippen molar-refractivity contribution in [3.63, 3.8) is 0 Å². The Morgan fingerprint density at radius 1 is 0.971 bits per heavy atom. The topological polar surface area (TPSA) is 108 Å². The van der Waals surface area contributed by atoms with Gasteiger partial charge in [-0.25, -0.2) is 13.4 Å². The standard InChI is InChI=1S/C24H26N4O4S2/c1-3-17-6-8-19(9-7-17)24-25-16(2)21(33-24)23(30)27-26-22(29)18-10-12-20(13-11-18)34(31,32)28-14-4-5-15-28/h6-13H,3-5,14-15H2,1-2H3,(H,26,29)(H,27,30). The molecule has 0 radical (unpaired) electrons. The number of aromatic nitrogens is 1. The number of rotatable bonds is 6. The summed E-state index contributed by atoms with van der Waals surface area (Å²) in [6.45, 7) is 4.86. The van der Waals surface area contributed by atoms with E-state index in [0.717, 1.165) is 29.8 Å². The second-order valence-electron chi connectivity index (χ2n) is 8.03. The van der Waals surface area contributed by atoms with Gasteiger partial charge in [0.2, 0.25) is 10.0 Å². The summed E-state index contributed by atoms with van der Waals surface area (Å²) in [6, 6.07) is 13.7. The summed E-state index contributed by atoms with van der Waals surface area (Å²) in [4.78, 5) is 30.2. The Morgan fingerprint density at radius 3 is 2.21 bits per heavy atom. The van der Waals surface area contributed by atoms with Crippen LogP contribution in [-0.2, 0) is 16.4 Å². The number of benzene rings is 2. The van der Waals surface area contributed by atoms with Crippen LogP contribution in [0.25, 0.3) is 10.6 Å². The third-order valence-corrected chi connectivity index (χ3v) is 8.84. The molecule has 2 aromatic carbocycles. The maximum atomic E-state index is 12.6. The van der Waals surface area contributed by atoms with Crippen LogP contribution < -0.4 is 10.9 Å². The number of carbonyl (C=O) groups excluding carboxylic acids is 2. The normalized spacial score (nSPS) is 14.2. The van der Waals surface area contributed by atoms with Gasteiger partial charge in [-0.05, 0) is 56.0 Å². The first-order valence-electron chi connectivity index (χ1n) is 11.1. The average molecular weight is 499 g/mol. The van der Waals surface area contributed by atoms with Gasteiger partial charge in [0, 0.05) is 24.2 Å². The highest BCUT2D eigenvalue weighted by atomic mass is 32.2. The smallest absolute Gasteiger partial charge is 0.267 e. The van der Waals surface area contributed by atoms with Gasteiger partial charge in [0.05, 0.1) is 10.6 Å². The molecule has 8 nitrogen and oxygen atoms in total. The second-order valence-corrected chi connectivity index (χ2v) is 11.0. The lowest BCUT2D eigenvalue weighted by molar-refractivity contribution is 0.0848. The number of amides is 2. The number of carbonyl (C=O) groups is 2. The van der Waals surface area contributed by atoms with Crippen LogP contribution in [0.2, 0.25) is 0 Å². The van der Waals surface area contributed by atoms with Crippen molar-refractivity contribution < 1.29 is 18.0 Å². The maximum Gasteiger partial charge on any atom is 0.281 e. The van der Waals surface area contributed by atoms with E-state index in [1.54, 1.807) is 6.92 Å². The number of thiazole rings is 1.